The molecule has 0 bridgehead atoms. The molecule has 0 spiro atoms. The fourth-order valence-electron chi connectivity index (χ4n) is 4.98. The molecule has 0 aliphatic rings. The predicted molar refractivity (Wildman–Crippen MR) is 197 cm³/mol. The highest BCUT2D eigenvalue weighted by Crippen LogP contribution is 2.28. The Morgan fingerprint density at radius 3 is 2.43 bits per heavy atom. The maximum atomic E-state index is 13.5. The lowest BCUT2D eigenvalue weighted by atomic mass is 9.92. The van der Waals surface area contributed by atoms with Crippen molar-refractivity contribution < 1.29 is 9.53 Å². The van der Waals surface area contributed by atoms with E-state index in [-0.39, 0.29) is 17.9 Å². The number of allylic oxidation sites excluding steroid dienone is 1. The monoisotopic (exact) mass is 656 g/mol. The first-order valence-electron chi connectivity index (χ1n) is 16.3. The average Bonchev–Trinajstić information content (AvgIpc) is 3.51. The molecular weight excluding hydrogens is 612 g/mol. The molecule has 0 saturated carbocycles. The van der Waals surface area contributed by atoms with E-state index < -0.39 is 6.03 Å². The van der Waals surface area contributed by atoms with Gasteiger partial charge in [0.2, 0.25) is 0 Å². The van der Waals surface area contributed by atoms with Crippen molar-refractivity contribution in [3.05, 3.63) is 132 Å². The van der Waals surface area contributed by atoms with Gasteiger partial charge in [0, 0.05) is 40.7 Å². The molecule has 0 unspecified atom stereocenters. The average molecular weight is 657 g/mol. The summed E-state index contributed by atoms with van der Waals surface area (Å²) in [6.45, 7) is 18.8. The number of ether oxygens (including phenoxy) is 1. The molecule has 3 heterocycles. The van der Waals surface area contributed by atoms with Crippen LogP contribution in [0.3, 0.4) is 0 Å². The second kappa shape index (κ2) is 15.0. The largest absolute Gasteiger partial charge is 0.489 e. The van der Waals surface area contributed by atoms with Crippen molar-refractivity contribution in [2.24, 2.45) is 0 Å². The number of carbonyl (C=O) groups is 1. The van der Waals surface area contributed by atoms with Crippen molar-refractivity contribution in [3.8, 4) is 5.69 Å². The van der Waals surface area contributed by atoms with E-state index >= 15 is 0 Å². The van der Waals surface area contributed by atoms with E-state index in [9.17, 15) is 4.79 Å². The molecule has 0 aliphatic carbocycles. The summed E-state index contributed by atoms with van der Waals surface area (Å²) >= 11 is 0. The number of amides is 2. The number of hydrogen-bond donors (Lipinski definition) is 3. The van der Waals surface area contributed by atoms with Crippen LogP contribution in [-0.4, -0.2) is 30.8 Å². The van der Waals surface area contributed by atoms with Gasteiger partial charge in [0.15, 0.2) is 0 Å². The number of pyridine rings is 1. The maximum absolute atomic E-state index is 13.5. The lowest BCUT2D eigenvalue weighted by Crippen LogP contribution is -2.28. The SMILES string of the molecule is C=C(OCc1ccnc(Nc2cncc(C(C)C)n2)c1)c1ccccc1/C(=C\C)NC(=O)Nc1cc(C(C)(C)C)nn1-c1ccc(C)cc1. The Hall–Kier alpha value is -5.77. The van der Waals surface area contributed by atoms with E-state index in [1.165, 1.54) is 0 Å². The highest BCUT2D eigenvalue weighted by molar-refractivity contribution is 5.96. The van der Waals surface area contributed by atoms with Gasteiger partial charge in [0.25, 0.3) is 0 Å². The number of nitrogens with one attached hydrogen (secondary N) is 3. The fourth-order valence-corrected chi connectivity index (χ4v) is 4.98. The molecule has 3 N–H and O–H groups in total. The van der Waals surface area contributed by atoms with Gasteiger partial charge in [-0.1, -0.05) is 89.2 Å². The topological polar surface area (TPSA) is 119 Å². The van der Waals surface area contributed by atoms with Crippen molar-refractivity contribution in [2.45, 2.75) is 66.4 Å². The van der Waals surface area contributed by atoms with Gasteiger partial charge < -0.3 is 15.4 Å². The number of aryl methyl sites for hydroxylation is 1. The van der Waals surface area contributed by atoms with Crippen LogP contribution in [0.1, 0.15) is 81.1 Å². The molecule has 0 saturated heterocycles. The third-order valence-corrected chi connectivity index (χ3v) is 7.79. The van der Waals surface area contributed by atoms with Crippen LogP contribution >= 0.6 is 0 Å². The smallest absolute Gasteiger partial charge is 0.324 e. The number of benzene rings is 2. The van der Waals surface area contributed by atoms with E-state index in [1.807, 2.05) is 86.7 Å². The Morgan fingerprint density at radius 1 is 1.00 bits per heavy atom. The van der Waals surface area contributed by atoms with Crippen LogP contribution < -0.4 is 16.0 Å². The summed E-state index contributed by atoms with van der Waals surface area (Å²) in [5.41, 5.74) is 6.57. The second-order valence-corrected chi connectivity index (χ2v) is 13.1. The number of nitrogens with zero attached hydrogens (tertiary/aromatic N) is 5. The molecular formula is C39H44N8O2. The number of rotatable bonds is 11. The minimum atomic E-state index is -0.399. The van der Waals surface area contributed by atoms with Crippen molar-refractivity contribution in [2.75, 3.05) is 10.6 Å². The van der Waals surface area contributed by atoms with Gasteiger partial charge in [0.05, 0.1) is 23.3 Å². The second-order valence-electron chi connectivity index (χ2n) is 13.1. The molecule has 10 nitrogen and oxygen atoms in total. The standard InChI is InChI=1S/C39H44N8O2/c1-9-32(43-38(48)45-37-21-34(39(6,7)8)46-47(37)29-16-14-26(4)15-17-29)31-13-11-10-12-30(31)27(5)49-24-28-18-19-41-35(20-28)44-36-23-40-22-33(42-36)25(2)3/h9-23,25H,5,24H2,1-4,6-8H3,(H,41,42,44)(H2,43,45,48)/b32-9+. The summed E-state index contributed by atoms with van der Waals surface area (Å²) in [6.07, 6.45) is 7.00. The Morgan fingerprint density at radius 2 is 1.73 bits per heavy atom. The van der Waals surface area contributed by atoms with Gasteiger partial charge in [-0.05, 0) is 49.6 Å². The quantitative estimate of drug-likeness (QED) is 0.122. The maximum Gasteiger partial charge on any atom is 0.324 e. The van der Waals surface area contributed by atoms with E-state index in [0.717, 1.165) is 39.3 Å². The summed E-state index contributed by atoms with van der Waals surface area (Å²) in [5.74, 6) is 2.55. The van der Waals surface area contributed by atoms with Gasteiger partial charge in [-0.3, -0.25) is 10.3 Å². The molecule has 2 aromatic carbocycles. The Balaban J connectivity index is 1.28. The van der Waals surface area contributed by atoms with Gasteiger partial charge in [-0.25, -0.2) is 19.4 Å². The van der Waals surface area contributed by atoms with Crippen LogP contribution in [-0.2, 0) is 16.8 Å². The number of hydrogen-bond acceptors (Lipinski definition) is 7. The van der Waals surface area contributed by atoms with E-state index in [0.29, 0.717) is 28.9 Å². The minimum absolute atomic E-state index is 0.209. The van der Waals surface area contributed by atoms with Crippen LogP contribution in [0.15, 0.2) is 98.0 Å². The molecule has 0 aliphatic heterocycles. The summed E-state index contributed by atoms with van der Waals surface area (Å²) in [5, 5.41) is 14.1. The first-order valence-corrected chi connectivity index (χ1v) is 16.3. The number of aromatic nitrogens is 5. The van der Waals surface area contributed by atoms with E-state index in [2.05, 4.69) is 72.1 Å². The van der Waals surface area contributed by atoms with Crippen molar-refractivity contribution in [1.29, 1.82) is 0 Å². The Bertz CT molecular complexity index is 1970. The van der Waals surface area contributed by atoms with Gasteiger partial charge in [-0.15, -0.1) is 0 Å². The summed E-state index contributed by atoms with van der Waals surface area (Å²) in [7, 11) is 0. The van der Waals surface area contributed by atoms with Gasteiger partial charge in [-0.2, -0.15) is 5.10 Å². The van der Waals surface area contributed by atoms with Crippen molar-refractivity contribution in [1.82, 2.24) is 30.0 Å². The molecule has 0 radical (unpaired) electrons. The molecule has 2 amide bonds. The molecule has 3 aromatic heterocycles. The number of urea groups is 1. The third kappa shape index (κ3) is 8.78. The Labute approximate surface area is 288 Å². The van der Waals surface area contributed by atoms with E-state index in [4.69, 9.17) is 9.84 Å². The molecule has 0 atom stereocenters. The van der Waals surface area contributed by atoms with E-state index in [1.54, 1.807) is 23.3 Å². The normalized spacial score (nSPS) is 11.7. The summed E-state index contributed by atoms with van der Waals surface area (Å²) in [6, 6.07) is 21.0. The lowest BCUT2D eigenvalue weighted by Gasteiger charge is -2.17. The molecule has 0 fully saturated rings. The first-order chi connectivity index (χ1) is 23.4. The highest BCUT2D eigenvalue weighted by Gasteiger charge is 2.22. The zero-order chi connectivity index (χ0) is 35.1. The first kappa shape index (κ1) is 34.6. The molecule has 5 rings (SSSR count). The Kier molecular flexibility index (Phi) is 10.6. The van der Waals surface area contributed by atoms with Crippen LogP contribution in [0.5, 0.6) is 0 Å². The van der Waals surface area contributed by atoms with Crippen molar-refractivity contribution in [3.63, 3.8) is 0 Å². The molecule has 10 heteroatoms. The van der Waals surface area contributed by atoms with Crippen molar-refractivity contribution >= 4 is 34.9 Å². The van der Waals surface area contributed by atoms with Gasteiger partial charge in [0.1, 0.15) is 29.8 Å². The van der Waals surface area contributed by atoms with Crippen LogP contribution in [0.4, 0.5) is 22.2 Å². The fraction of sp³-hybridized carbons (Fsp3) is 0.256. The third-order valence-electron chi connectivity index (χ3n) is 7.79. The molecule has 252 valence electrons. The molecule has 5 aromatic rings. The zero-order valence-corrected chi connectivity index (χ0v) is 29.2. The minimum Gasteiger partial charge on any atom is -0.489 e. The van der Waals surface area contributed by atoms with Crippen LogP contribution in [0, 0.1) is 6.92 Å². The number of anilines is 3. The van der Waals surface area contributed by atoms with Crippen LogP contribution in [0.25, 0.3) is 17.1 Å². The zero-order valence-electron chi connectivity index (χ0n) is 29.2. The highest BCUT2D eigenvalue weighted by atomic mass is 16.5. The number of carbonyl (C=O) groups excluding carboxylic acids is 1. The lowest BCUT2D eigenvalue weighted by molar-refractivity contribution is 0.255. The summed E-state index contributed by atoms with van der Waals surface area (Å²) in [4.78, 5) is 26.8. The molecule has 49 heavy (non-hydrogen) atoms. The summed E-state index contributed by atoms with van der Waals surface area (Å²) < 4.78 is 7.93. The van der Waals surface area contributed by atoms with Gasteiger partial charge >= 0.3 is 6.03 Å². The van der Waals surface area contributed by atoms with Crippen LogP contribution in [0.2, 0.25) is 0 Å². The predicted octanol–water partition coefficient (Wildman–Crippen LogP) is 8.90.